The Morgan fingerprint density at radius 1 is 1.27 bits per heavy atom. The van der Waals surface area contributed by atoms with Crippen LogP contribution in [0.1, 0.15) is 36.0 Å². The molecule has 1 aromatic heterocycles. The lowest BCUT2D eigenvalue weighted by atomic mass is 10.1. The molecule has 1 aromatic carbocycles. The third-order valence-corrected chi connectivity index (χ3v) is 3.88. The van der Waals surface area contributed by atoms with Crippen molar-refractivity contribution >= 4 is 17.6 Å². The van der Waals surface area contributed by atoms with Crippen LogP contribution in [0.4, 0.5) is 5.69 Å². The number of nitrogens with one attached hydrogen (secondary N) is 2. The highest BCUT2D eigenvalue weighted by atomic mass is 16.5. The second-order valence-electron chi connectivity index (χ2n) is 6.21. The molecule has 2 N–H and O–H groups in total. The summed E-state index contributed by atoms with van der Waals surface area (Å²) < 4.78 is 5.16. The molecule has 1 atom stereocenters. The van der Waals surface area contributed by atoms with Crippen LogP contribution in [0, 0.1) is 20.8 Å². The van der Waals surface area contributed by atoms with E-state index in [0.717, 1.165) is 5.56 Å². The molecule has 0 saturated heterocycles. The van der Waals surface area contributed by atoms with Crippen molar-refractivity contribution < 1.29 is 14.3 Å². The second kappa shape index (κ2) is 8.42. The summed E-state index contributed by atoms with van der Waals surface area (Å²) in [5, 5.41) is 2.70. The molecule has 0 aliphatic heterocycles. The molecule has 1 amide bonds. The molecular weight excluding hydrogens is 334 g/mol. The molecule has 138 valence electrons. The molecular formula is C19H23N3O4. The first kappa shape index (κ1) is 19.4. The molecule has 2 rings (SSSR count). The van der Waals surface area contributed by atoms with E-state index >= 15 is 0 Å². The van der Waals surface area contributed by atoms with Crippen molar-refractivity contribution in [2.45, 2.75) is 46.6 Å². The van der Waals surface area contributed by atoms with E-state index in [4.69, 9.17) is 4.74 Å². The molecule has 7 nitrogen and oxygen atoms in total. The van der Waals surface area contributed by atoms with Crippen molar-refractivity contribution in [3.05, 3.63) is 57.3 Å². The normalized spacial score (nSPS) is 11.7. The van der Waals surface area contributed by atoms with E-state index in [0.29, 0.717) is 22.8 Å². The zero-order valence-corrected chi connectivity index (χ0v) is 15.4. The van der Waals surface area contributed by atoms with Gasteiger partial charge in [-0.15, -0.1) is 0 Å². The van der Waals surface area contributed by atoms with E-state index in [1.54, 1.807) is 19.9 Å². The Bertz CT molecular complexity index is 873. The van der Waals surface area contributed by atoms with Gasteiger partial charge in [0.1, 0.15) is 5.82 Å². The average Bonchev–Trinajstić information content (AvgIpc) is 2.53. The summed E-state index contributed by atoms with van der Waals surface area (Å²) in [6.07, 6.45) is -0.727. The van der Waals surface area contributed by atoms with Gasteiger partial charge in [0.05, 0.1) is 0 Å². The number of benzene rings is 1. The summed E-state index contributed by atoms with van der Waals surface area (Å²) in [5.41, 5.74) is 2.44. The number of aromatic amines is 1. The molecule has 0 bridgehead atoms. The van der Waals surface area contributed by atoms with Gasteiger partial charge in [-0.2, -0.15) is 0 Å². The Morgan fingerprint density at radius 2 is 2.00 bits per heavy atom. The van der Waals surface area contributed by atoms with E-state index in [9.17, 15) is 14.4 Å². The van der Waals surface area contributed by atoms with E-state index in [1.165, 1.54) is 6.92 Å². The first-order chi connectivity index (χ1) is 12.3. The van der Waals surface area contributed by atoms with E-state index in [-0.39, 0.29) is 18.4 Å². The van der Waals surface area contributed by atoms with Crippen molar-refractivity contribution in [1.29, 1.82) is 0 Å². The molecule has 0 spiro atoms. The van der Waals surface area contributed by atoms with Gasteiger partial charge < -0.3 is 15.0 Å². The Hall–Kier alpha value is -2.96. The smallest absolute Gasteiger partial charge is 0.306 e. The lowest BCUT2D eigenvalue weighted by Crippen LogP contribution is -2.30. The fourth-order valence-electron chi connectivity index (χ4n) is 2.55. The molecule has 0 unspecified atom stereocenters. The van der Waals surface area contributed by atoms with Gasteiger partial charge in [-0.3, -0.25) is 14.4 Å². The van der Waals surface area contributed by atoms with Crippen LogP contribution in [0.5, 0.6) is 0 Å². The molecule has 0 saturated carbocycles. The predicted octanol–water partition coefficient (Wildman–Crippen LogP) is 2.20. The number of ether oxygens (including phenoxy) is 1. The van der Waals surface area contributed by atoms with Gasteiger partial charge in [-0.25, -0.2) is 4.98 Å². The van der Waals surface area contributed by atoms with E-state index in [2.05, 4.69) is 15.3 Å². The van der Waals surface area contributed by atoms with Crippen LogP contribution >= 0.6 is 0 Å². The van der Waals surface area contributed by atoms with Crippen LogP contribution in [-0.2, 0) is 20.7 Å². The van der Waals surface area contributed by atoms with Crippen LogP contribution in [0.25, 0.3) is 0 Å². The molecule has 26 heavy (non-hydrogen) atoms. The molecule has 1 heterocycles. The molecule has 0 aliphatic rings. The minimum atomic E-state index is -0.932. The number of anilines is 1. The summed E-state index contributed by atoms with van der Waals surface area (Å²) in [5.74, 6) is -0.425. The van der Waals surface area contributed by atoms with Crippen molar-refractivity contribution in [2.24, 2.45) is 0 Å². The molecule has 2 aromatic rings. The van der Waals surface area contributed by atoms with Gasteiger partial charge in [0.2, 0.25) is 0 Å². The van der Waals surface area contributed by atoms with Crippen molar-refractivity contribution in [2.75, 3.05) is 5.32 Å². The van der Waals surface area contributed by atoms with Gasteiger partial charge in [0.15, 0.2) is 6.10 Å². The number of rotatable bonds is 6. The maximum absolute atomic E-state index is 12.1. The number of esters is 1. The number of aromatic nitrogens is 2. The zero-order valence-electron chi connectivity index (χ0n) is 15.4. The van der Waals surface area contributed by atoms with Crippen LogP contribution < -0.4 is 10.9 Å². The fraction of sp³-hybridized carbons (Fsp3) is 0.368. The Morgan fingerprint density at radius 3 is 2.65 bits per heavy atom. The molecule has 0 fully saturated rings. The summed E-state index contributed by atoms with van der Waals surface area (Å²) in [6, 6.07) is 7.34. The number of H-pyrrole nitrogens is 1. The maximum atomic E-state index is 12.1. The average molecular weight is 357 g/mol. The third kappa shape index (κ3) is 5.27. The summed E-state index contributed by atoms with van der Waals surface area (Å²) >= 11 is 0. The van der Waals surface area contributed by atoms with Crippen LogP contribution in [0.2, 0.25) is 0 Å². The third-order valence-electron chi connectivity index (χ3n) is 3.88. The monoisotopic (exact) mass is 357 g/mol. The van der Waals surface area contributed by atoms with E-state index in [1.807, 2.05) is 25.1 Å². The lowest BCUT2D eigenvalue weighted by molar-refractivity contribution is -0.153. The minimum absolute atomic E-state index is 0.00325. The summed E-state index contributed by atoms with van der Waals surface area (Å²) in [6.45, 7) is 6.85. The molecule has 0 aliphatic carbocycles. The first-order valence-corrected chi connectivity index (χ1v) is 8.39. The van der Waals surface area contributed by atoms with Gasteiger partial charge in [0.25, 0.3) is 11.5 Å². The fourth-order valence-corrected chi connectivity index (χ4v) is 2.55. The number of carbonyl (C=O) groups is 2. The highest BCUT2D eigenvalue weighted by Crippen LogP contribution is 2.11. The summed E-state index contributed by atoms with van der Waals surface area (Å²) in [7, 11) is 0. The SMILES string of the molecule is Cc1cccc(NC(=O)[C@@H](C)OC(=O)CCc2c(C)nc(C)[nH]c2=O)c1. The topological polar surface area (TPSA) is 101 Å². The standard InChI is InChI=1S/C19H23N3O4/c1-11-6-5-7-15(10-11)22-18(24)13(3)26-17(23)9-8-16-12(2)20-14(4)21-19(16)25/h5-7,10,13H,8-9H2,1-4H3,(H,22,24)(H,20,21,25)/t13-/m1/s1. The largest absolute Gasteiger partial charge is 0.453 e. The molecule has 7 heteroatoms. The number of amides is 1. The quantitative estimate of drug-likeness (QED) is 0.772. The number of carbonyl (C=O) groups excluding carboxylic acids is 2. The van der Waals surface area contributed by atoms with Crippen molar-refractivity contribution in [3.63, 3.8) is 0 Å². The maximum Gasteiger partial charge on any atom is 0.306 e. The van der Waals surface area contributed by atoms with Crippen LogP contribution in [0.3, 0.4) is 0 Å². The van der Waals surface area contributed by atoms with Gasteiger partial charge >= 0.3 is 5.97 Å². The van der Waals surface area contributed by atoms with Crippen molar-refractivity contribution in [1.82, 2.24) is 9.97 Å². The van der Waals surface area contributed by atoms with Crippen LogP contribution in [-0.4, -0.2) is 27.9 Å². The van der Waals surface area contributed by atoms with Crippen molar-refractivity contribution in [3.8, 4) is 0 Å². The zero-order chi connectivity index (χ0) is 19.3. The molecule has 0 radical (unpaired) electrons. The Balaban J connectivity index is 1.89. The highest BCUT2D eigenvalue weighted by Gasteiger charge is 2.18. The second-order valence-corrected chi connectivity index (χ2v) is 6.21. The number of aryl methyl sites for hydroxylation is 3. The number of nitrogens with zero attached hydrogens (tertiary/aromatic N) is 1. The predicted molar refractivity (Wildman–Crippen MR) is 98.0 cm³/mol. The number of hydrogen-bond donors (Lipinski definition) is 2. The summed E-state index contributed by atoms with van der Waals surface area (Å²) in [4.78, 5) is 42.8. The highest BCUT2D eigenvalue weighted by molar-refractivity contribution is 5.95. The lowest BCUT2D eigenvalue weighted by Gasteiger charge is -2.14. The van der Waals surface area contributed by atoms with Gasteiger partial charge in [-0.1, -0.05) is 12.1 Å². The minimum Gasteiger partial charge on any atom is -0.453 e. The number of hydrogen-bond acceptors (Lipinski definition) is 5. The Labute approximate surface area is 151 Å². The van der Waals surface area contributed by atoms with Gasteiger partial charge in [-0.05, 0) is 51.8 Å². The first-order valence-electron chi connectivity index (χ1n) is 8.39. The Kier molecular flexibility index (Phi) is 6.27. The van der Waals surface area contributed by atoms with Gasteiger partial charge in [0, 0.05) is 23.4 Å². The van der Waals surface area contributed by atoms with Crippen LogP contribution in [0.15, 0.2) is 29.1 Å². The van der Waals surface area contributed by atoms with E-state index < -0.39 is 18.0 Å².